The molecule has 220 valence electrons. The Labute approximate surface area is 243 Å². The summed E-state index contributed by atoms with van der Waals surface area (Å²) >= 11 is 0. The maximum atomic E-state index is 13.9. The molecule has 4 N–H and O–H groups in total. The number of halogens is 1. The first-order valence-corrected chi connectivity index (χ1v) is 13.6. The molecule has 0 spiro atoms. The number of anilines is 2. The molecule has 4 rings (SSSR count). The highest BCUT2D eigenvalue weighted by Gasteiger charge is 2.13. The van der Waals surface area contributed by atoms with Crippen LogP contribution in [0.25, 0.3) is 11.4 Å². The van der Waals surface area contributed by atoms with Crippen LogP contribution in [0.15, 0.2) is 73.1 Å². The summed E-state index contributed by atoms with van der Waals surface area (Å²) in [5.41, 5.74) is 3.16. The highest BCUT2D eigenvalue weighted by Crippen LogP contribution is 2.27. The topological polar surface area (TPSA) is 127 Å². The van der Waals surface area contributed by atoms with Gasteiger partial charge in [-0.15, -0.1) is 0 Å². The summed E-state index contributed by atoms with van der Waals surface area (Å²) in [6.45, 7) is 7.09. The Hall–Kier alpha value is -4.74. The Balaban J connectivity index is 1.31. The molecule has 10 nitrogen and oxygen atoms in total. The van der Waals surface area contributed by atoms with Gasteiger partial charge >= 0.3 is 6.03 Å². The van der Waals surface area contributed by atoms with Crippen molar-refractivity contribution in [1.29, 1.82) is 0 Å². The highest BCUT2D eigenvalue weighted by atomic mass is 19.1. The van der Waals surface area contributed by atoms with E-state index < -0.39 is 11.8 Å². The number of urea groups is 1. The van der Waals surface area contributed by atoms with E-state index in [2.05, 4.69) is 25.9 Å². The molecule has 3 amide bonds. The summed E-state index contributed by atoms with van der Waals surface area (Å²) in [5.74, 6) is 0.334. The number of aryl methyl sites for hydroxylation is 1. The molecule has 0 aliphatic carbocycles. The molecule has 42 heavy (non-hydrogen) atoms. The lowest BCUT2D eigenvalue weighted by molar-refractivity contribution is -0.138. The van der Waals surface area contributed by atoms with E-state index in [1.807, 2.05) is 20.8 Å². The predicted octanol–water partition coefficient (Wildman–Crippen LogP) is 6.48. The summed E-state index contributed by atoms with van der Waals surface area (Å²) in [6, 6.07) is 15.8. The maximum absolute atomic E-state index is 13.9. The Bertz CT molecular complexity index is 1490. The number of benzene rings is 2. The third-order valence-electron chi connectivity index (χ3n) is 6.04. The zero-order valence-electron chi connectivity index (χ0n) is 23.7. The van der Waals surface area contributed by atoms with Gasteiger partial charge < -0.3 is 35.1 Å². The Morgan fingerprint density at radius 2 is 1.71 bits per heavy atom. The molecule has 2 heterocycles. The van der Waals surface area contributed by atoms with E-state index in [1.54, 1.807) is 67.0 Å². The average molecular weight is 576 g/mol. The number of H-pyrrole nitrogens is 1. The fourth-order valence-corrected chi connectivity index (χ4v) is 4.05. The van der Waals surface area contributed by atoms with Gasteiger partial charge in [0.2, 0.25) is 0 Å². The molecule has 11 heteroatoms. The number of aromatic nitrogens is 2. The molecule has 4 aromatic rings. The van der Waals surface area contributed by atoms with Gasteiger partial charge in [0.05, 0.1) is 22.6 Å². The number of aromatic amines is 1. The fourth-order valence-electron chi connectivity index (χ4n) is 4.05. The monoisotopic (exact) mass is 575 g/mol. The van der Waals surface area contributed by atoms with Crippen molar-refractivity contribution in [2.45, 2.75) is 33.5 Å². The molecule has 0 aliphatic rings. The number of carbonyl (C=O) groups is 2. The van der Waals surface area contributed by atoms with E-state index in [1.165, 1.54) is 6.07 Å². The molecule has 0 saturated carbocycles. The summed E-state index contributed by atoms with van der Waals surface area (Å²) in [6.07, 6.45) is 3.43. The van der Waals surface area contributed by atoms with Crippen LogP contribution in [-0.4, -0.2) is 48.0 Å². The van der Waals surface area contributed by atoms with Gasteiger partial charge in [-0.1, -0.05) is 6.07 Å². The van der Waals surface area contributed by atoms with Gasteiger partial charge in [-0.25, -0.2) is 9.18 Å². The van der Waals surface area contributed by atoms with Crippen LogP contribution >= 0.6 is 0 Å². The first-order chi connectivity index (χ1) is 20.3. The minimum Gasteiger partial charge on any atom is -0.457 e. The van der Waals surface area contributed by atoms with Gasteiger partial charge in [-0.05, 0) is 74.9 Å². The van der Waals surface area contributed by atoms with Gasteiger partial charge in [0, 0.05) is 50.3 Å². The Kier molecular flexibility index (Phi) is 10.6. The van der Waals surface area contributed by atoms with E-state index in [0.29, 0.717) is 60.3 Å². The van der Waals surface area contributed by atoms with Crippen LogP contribution in [0.4, 0.5) is 20.6 Å². The van der Waals surface area contributed by atoms with Crippen molar-refractivity contribution in [2.75, 3.05) is 30.4 Å². The molecule has 0 fully saturated rings. The second-order valence-electron chi connectivity index (χ2n) is 9.25. The lowest BCUT2D eigenvalue weighted by Crippen LogP contribution is -2.29. The van der Waals surface area contributed by atoms with E-state index in [9.17, 15) is 14.0 Å². The standard InChI is InChI=1S/C31H34FN5O5/c1-4-40-29(41-5-2)13-15-34-30(38)21-17-27(35-19-21)28-18-24(12-14-33-28)42-23-9-7-22(8-10-23)36-31(39)37-26-16-20(3)6-11-25(26)32/h6-12,14,16-19,29,35H,4-5,13,15H2,1-3H3,(H,34,38)(H2,36,37,39). The van der Waals surface area contributed by atoms with Gasteiger partial charge in [-0.2, -0.15) is 0 Å². The number of carbonyl (C=O) groups excluding carboxylic acids is 2. The quantitative estimate of drug-likeness (QED) is 0.135. The number of amides is 3. The third kappa shape index (κ3) is 8.63. The molecule has 2 aromatic carbocycles. The molecular formula is C31H34FN5O5. The largest absolute Gasteiger partial charge is 0.457 e. The number of nitrogens with zero attached hydrogens (tertiary/aromatic N) is 1. The summed E-state index contributed by atoms with van der Waals surface area (Å²) in [5, 5.41) is 8.05. The van der Waals surface area contributed by atoms with Crippen LogP contribution < -0.4 is 20.7 Å². The SMILES string of the molecule is CCOC(CCNC(=O)c1c[nH]c(-c2cc(Oc3ccc(NC(=O)Nc4cc(C)ccc4F)cc3)ccn2)c1)OCC. The van der Waals surface area contributed by atoms with E-state index in [4.69, 9.17) is 14.2 Å². The van der Waals surface area contributed by atoms with E-state index in [0.717, 1.165) is 5.56 Å². The molecule has 0 radical (unpaired) electrons. The first kappa shape index (κ1) is 30.2. The molecular weight excluding hydrogens is 541 g/mol. The van der Waals surface area contributed by atoms with Crippen molar-refractivity contribution in [3.05, 3.63) is 90.0 Å². The minimum absolute atomic E-state index is 0.101. The van der Waals surface area contributed by atoms with Gasteiger partial charge in [0.1, 0.15) is 17.3 Å². The van der Waals surface area contributed by atoms with Crippen LogP contribution in [0.5, 0.6) is 11.5 Å². The fraction of sp³-hybridized carbons (Fsp3) is 0.258. The maximum Gasteiger partial charge on any atom is 0.323 e. The van der Waals surface area contributed by atoms with E-state index >= 15 is 0 Å². The van der Waals surface area contributed by atoms with Gasteiger partial charge in [0.25, 0.3) is 5.91 Å². The van der Waals surface area contributed by atoms with E-state index in [-0.39, 0.29) is 17.9 Å². The van der Waals surface area contributed by atoms with Crippen LogP contribution in [0.3, 0.4) is 0 Å². The number of hydrogen-bond acceptors (Lipinski definition) is 6. The number of nitrogens with one attached hydrogen (secondary N) is 4. The summed E-state index contributed by atoms with van der Waals surface area (Å²) < 4.78 is 30.9. The van der Waals surface area contributed by atoms with Gasteiger partial charge in [-0.3, -0.25) is 9.78 Å². The second-order valence-corrected chi connectivity index (χ2v) is 9.25. The molecule has 0 saturated heterocycles. The lowest BCUT2D eigenvalue weighted by atomic mass is 10.2. The smallest absolute Gasteiger partial charge is 0.323 e. The summed E-state index contributed by atoms with van der Waals surface area (Å²) in [4.78, 5) is 32.4. The number of hydrogen-bond donors (Lipinski definition) is 4. The normalized spacial score (nSPS) is 10.9. The number of pyridine rings is 1. The molecule has 0 bridgehead atoms. The first-order valence-electron chi connectivity index (χ1n) is 13.6. The average Bonchev–Trinajstić information content (AvgIpc) is 3.47. The van der Waals surface area contributed by atoms with Crippen molar-refractivity contribution < 1.29 is 28.2 Å². The number of ether oxygens (including phenoxy) is 3. The number of rotatable bonds is 13. The van der Waals surface area contributed by atoms with Crippen molar-refractivity contribution in [3.8, 4) is 22.9 Å². The summed E-state index contributed by atoms with van der Waals surface area (Å²) in [7, 11) is 0. The highest BCUT2D eigenvalue weighted by molar-refractivity contribution is 6.00. The van der Waals surface area contributed by atoms with Crippen molar-refractivity contribution in [2.24, 2.45) is 0 Å². The third-order valence-corrected chi connectivity index (χ3v) is 6.04. The molecule has 0 unspecified atom stereocenters. The van der Waals surface area contributed by atoms with Crippen molar-refractivity contribution in [3.63, 3.8) is 0 Å². The zero-order valence-corrected chi connectivity index (χ0v) is 23.7. The van der Waals surface area contributed by atoms with Crippen LogP contribution in [-0.2, 0) is 9.47 Å². The van der Waals surface area contributed by atoms with Crippen molar-refractivity contribution >= 4 is 23.3 Å². The zero-order chi connectivity index (χ0) is 29.9. The molecule has 0 aliphatic heterocycles. The van der Waals surface area contributed by atoms with Gasteiger partial charge in [0.15, 0.2) is 6.29 Å². The predicted molar refractivity (Wildman–Crippen MR) is 158 cm³/mol. The van der Waals surface area contributed by atoms with Crippen molar-refractivity contribution in [1.82, 2.24) is 15.3 Å². The van der Waals surface area contributed by atoms with Crippen LogP contribution in [0.2, 0.25) is 0 Å². The minimum atomic E-state index is -0.564. The van der Waals surface area contributed by atoms with Crippen LogP contribution in [0.1, 0.15) is 36.2 Å². The Morgan fingerprint density at radius 3 is 2.45 bits per heavy atom. The van der Waals surface area contributed by atoms with Crippen LogP contribution in [0, 0.1) is 12.7 Å². The Morgan fingerprint density at radius 1 is 0.952 bits per heavy atom. The molecule has 2 aromatic heterocycles. The lowest BCUT2D eigenvalue weighted by Gasteiger charge is -2.16. The molecule has 0 atom stereocenters. The second kappa shape index (κ2) is 14.8.